The Morgan fingerprint density at radius 3 is 2.90 bits per heavy atom. The highest BCUT2D eigenvalue weighted by atomic mass is 79.9. The largest absolute Gasteiger partial charge is 0.347 e. The van der Waals surface area contributed by atoms with E-state index in [9.17, 15) is 0 Å². The van der Waals surface area contributed by atoms with Crippen molar-refractivity contribution in [3.63, 3.8) is 0 Å². The fraction of sp³-hybridized carbons (Fsp3) is 0.368. The predicted molar refractivity (Wildman–Crippen MR) is 116 cm³/mol. The van der Waals surface area contributed by atoms with Gasteiger partial charge in [0.1, 0.15) is 5.82 Å². The number of aromatic amines is 1. The van der Waals surface area contributed by atoms with Crippen LogP contribution in [0.3, 0.4) is 0 Å². The van der Waals surface area contributed by atoms with Crippen LogP contribution >= 0.6 is 15.9 Å². The number of fused-ring (bicyclic) bond motifs is 2. The normalized spacial score (nSPS) is 16.6. The maximum Gasteiger partial charge on any atom is 0.230 e. The molecule has 0 spiro atoms. The Labute approximate surface area is 176 Å². The van der Waals surface area contributed by atoms with Gasteiger partial charge in [0.05, 0.1) is 28.2 Å². The van der Waals surface area contributed by atoms with Crippen molar-refractivity contribution in [3.05, 3.63) is 40.8 Å². The Hall–Kier alpha value is -2.72. The van der Waals surface area contributed by atoms with Crippen molar-refractivity contribution in [2.45, 2.75) is 25.9 Å². The maximum atomic E-state index is 4.79. The number of nitrogens with zero attached hydrogens (tertiary/aromatic N) is 6. The lowest BCUT2D eigenvalue weighted by Gasteiger charge is -2.39. The summed E-state index contributed by atoms with van der Waals surface area (Å²) in [7, 11) is 0. The van der Waals surface area contributed by atoms with Crippen LogP contribution in [0.2, 0.25) is 0 Å². The van der Waals surface area contributed by atoms with Crippen molar-refractivity contribution in [1.29, 1.82) is 0 Å². The number of halogens is 1. The number of hydrogen-bond donors (Lipinski definition) is 3. The number of H-pyrrole nitrogens is 1. The molecular formula is C19H22BrN9. The molecule has 0 radical (unpaired) electrons. The van der Waals surface area contributed by atoms with Gasteiger partial charge in [0.25, 0.3) is 0 Å². The summed E-state index contributed by atoms with van der Waals surface area (Å²) in [5, 5.41) is 11.3. The molecule has 10 heteroatoms. The van der Waals surface area contributed by atoms with Crippen molar-refractivity contribution in [2.24, 2.45) is 0 Å². The maximum absolute atomic E-state index is 4.79. The van der Waals surface area contributed by atoms with E-state index < -0.39 is 0 Å². The van der Waals surface area contributed by atoms with Gasteiger partial charge in [-0.2, -0.15) is 19.6 Å². The average Bonchev–Trinajstić information content (AvgIpc) is 3.28. The summed E-state index contributed by atoms with van der Waals surface area (Å²) in [5.41, 5.74) is 2.71. The molecule has 1 aliphatic heterocycles. The van der Waals surface area contributed by atoms with Gasteiger partial charge in [0.15, 0.2) is 5.65 Å². The SMILES string of the molecule is CC1(C)CN(c2nc(NCc3nc4ccccc4[nH]3)n3ncc(Br)c3n2)CCN1. The number of piperazine rings is 1. The third-order valence-corrected chi connectivity index (χ3v) is 5.58. The molecule has 0 amide bonds. The summed E-state index contributed by atoms with van der Waals surface area (Å²) in [6, 6.07) is 7.99. The topological polar surface area (TPSA) is 99.1 Å². The molecule has 1 saturated heterocycles. The number of rotatable bonds is 4. The highest BCUT2D eigenvalue weighted by Crippen LogP contribution is 2.23. The molecular weight excluding hydrogens is 434 g/mol. The number of nitrogens with one attached hydrogen (secondary N) is 3. The van der Waals surface area contributed by atoms with E-state index in [0.29, 0.717) is 18.4 Å². The molecule has 4 aromatic rings. The first-order valence-corrected chi connectivity index (χ1v) is 10.4. The second kappa shape index (κ2) is 6.96. The molecule has 0 saturated carbocycles. The quantitative estimate of drug-likeness (QED) is 0.434. The highest BCUT2D eigenvalue weighted by molar-refractivity contribution is 9.10. The molecule has 29 heavy (non-hydrogen) atoms. The zero-order chi connectivity index (χ0) is 20.0. The lowest BCUT2D eigenvalue weighted by molar-refractivity contribution is 0.350. The molecule has 0 aliphatic carbocycles. The highest BCUT2D eigenvalue weighted by Gasteiger charge is 2.28. The van der Waals surface area contributed by atoms with Crippen LogP contribution < -0.4 is 15.5 Å². The summed E-state index contributed by atoms with van der Waals surface area (Å²) in [4.78, 5) is 19.7. The van der Waals surface area contributed by atoms with Gasteiger partial charge in [-0.15, -0.1) is 0 Å². The van der Waals surface area contributed by atoms with Crippen LogP contribution in [0.5, 0.6) is 0 Å². The van der Waals surface area contributed by atoms with E-state index in [2.05, 4.69) is 60.4 Å². The molecule has 1 fully saturated rings. The lowest BCUT2D eigenvalue weighted by Crippen LogP contribution is -2.57. The molecule has 0 unspecified atom stereocenters. The average molecular weight is 456 g/mol. The Bertz CT molecular complexity index is 1150. The van der Waals surface area contributed by atoms with Gasteiger partial charge >= 0.3 is 0 Å². The summed E-state index contributed by atoms with van der Waals surface area (Å²) in [5.74, 6) is 2.17. The monoisotopic (exact) mass is 455 g/mol. The molecule has 3 N–H and O–H groups in total. The first-order valence-electron chi connectivity index (χ1n) is 9.57. The van der Waals surface area contributed by atoms with Crippen LogP contribution in [-0.2, 0) is 6.54 Å². The zero-order valence-electron chi connectivity index (χ0n) is 16.3. The third kappa shape index (κ3) is 3.53. The Kier molecular flexibility index (Phi) is 4.39. The summed E-state index contributed by atoms with van der Waals surface area (Å²) in [6.07, 6.45) is 1.74. The van der Waals surface area contributed by atoms with Crippen LogP contribution in [0.4, 0.5) is 11.9 Å². The number of para-hydroxylation sites is 2. The van der Waals surface area contributed by atoms with Crippen LogP contribution in [0.15, 0.2) is 34.9 Å². The third-order valence-electron chi connectivity index (χ3n) is 5.02. The minimum atomic E-state index is 0.00702. The zero-order valence-corrected chi connectivity index (χ0v) is 17.9. The molecule has 1 aliphatic rings. The van der Waals surface area contributed by atoms with E-state index >= 15 is 0 Å². The van der Waals surface area contributed by atoms with Crippen LogP contribution in [0, 0.1) is 0 Å². The van der Waals surface area contributed by atoms with Gasteiger partial charge in [0.2, 0.25) is 11.9 Å². The fourth-order valence-electron chi connectivity index (χ4n) is 3.66. The number of aromatic nitrogens is 6. The molecule has 0 atom stereocenters. The lowest BCUT2D eigenvalue weighted by atomic mass is 10.0. The summed E-state index contributed by atoms with van der Waals surface area (Å²) >= 11 is 3.55. The first-order chi connectivity index (χ1) is 14.0. The van der Waals surface area contributed by atoms with Gasteiger partial charge in [-0.1, -0.05) is 12.1 Å². The molecule has 1 aromatic carbocycles. The summed E-state index contributed by atoms with van der Waals surface area (Å²) < 4.78 is 2.55. The Morgan fingerprint density at radius 2 is 2.07 bits per heavy atom. The first kappa shape index (κ1) is 18.3. The van der Waals surface area contributed by atoms with Crippen molar-refractivity contribution in [3.8, 4) is 0 Å². The minimum Gasteiger partial charge on any atom is -0.347 e. The standard InChI is InChI=1S/C19H22BrN9/c1-19(2)11-28(8-7-22-19)18-26-16-12(20)9-23-29(16)17(27-18)21-10-15-24-13-5-3-4-6-14(13)25-15/h3-6,9,22H,7-8,10-11H2,1-2H3,(H,24,25)(H,21,26,27). The van der Waals surface area contributed by atoms with E-state index in [1.54, 1.807) is 10.7 Å². The van der Waals surface area contributed by atoms with Crippen molar-refractivity contribution >= 4 is 44.5 Å². The second-order valence-corrected chi connectivity index (χ2v) is 8.72. The molecule has 5 rings (SSSR count). The molecule has 0 bridgehead atoms. The molecule has 4 heterocycles. The van der Waals surface area contributed by atoms with Gasteiger partial charge in [-0.3, -0.25) is 0 Å². The van der Waals surface area contributed by atoms with E-state index in [1.165, 1.54) is 0 Å². The number of hydrogen-bond acceptors (Lipinski definition) is 7. The van der Waals surface area contributed by atoms with Crippen LogP contribution in [-0.4, -0.2) is 54.7 Å². The number of benzene rings is 1. The summed E-state index contributed by atoms with van der Waals surface area (Å²) in [6.45, 7) is 7.46. The van der Waals surface area contributed by atoms with E-state index in [0.717, 1.165) is 46.6 Å². The van der Waals surface area contributed by atoms with E-state index in [-0.39, 0.29) is 5.54 Å². The number of imidazole rings is 1. The minimum absolute atomic E-state index is 0.00702. The van der Waals surface area contributed by atoms with E-state index in [1.807, 2.05) is 24.3 Å². The molecule has 9 nitrogen and oxygen atoms in total. The molecule has 3 aromatic heterocycles. The second-order valence-electron chi connectivity index (χ2n) is 7.86. The number of anilines is 2. The Morgan fingerprint density at radius 1 is 1.21 bits per heavy atom. The van der Waals surface area contributed by atoms with Gasteiger partial charge in [-0.05, 0) is 41.9 Å². The fourth-order valence-corrected chi connectivity index (χ4v) is 4.01. The smallest absolute Gasteiger partial charge is 0.230 e. The van der Waals surface area contributed by atoms with Crippen LogP contribution in [0.25, 0.3) is 16.7 Å². The van der Waals surface area contributed by atoms with Crippen molar-refractivity contribution < 1.29 is 0 Å². The van der Waals surface area contributed by atoms with Gasteiger partial charge < -0.3 is 20.5 Å². The van der Waals surface area contributed by atoms with Gasteiger partial charge in [-0.25, -0.2) is 4.98 Å². The predicted octanol–water partition coefficient (Wildman–Crippen LogP) is 2.56. The van der Waals surface area contributed by atoms with Crippen LogP contribution in [0.1, 0.15) is 19.7 Å². The van der Waals surface area contributed by atoms with E-state index in [4.69, 9.17) is 9.97 Å². The van der Waals surface area contributed by atoms with Gasteiger partial charge in [0, 0.05) is 25.2 Å². The molecule has 150 valence electrons. The Balaban J connectivity index is 1.47. The van der Waals surface area contributed by atoms with Crippen molar-refractivity contribution in [2.75, 3.05) is 29.9 Å². The van der Waals surface area contributed by atoms with Crippen molar-refractivity contribution in [1.82, 2.24) is 34.9 Å².